The largest absolute Gasteiger partial charge is 0.459 e. The average Bonchev–Trinajstić information content (AvgIpc) is 2.42. The van der Waals surface area contributed by atoms with Crippen LogP contribution in [-0.4, -0.2) is 47.0 Å². The van der Waals surface area contributed by atoms with Gasteiger partial charge in [-0.3, -0.25) is 9.69 Å². The number of rotatable bonds is 4. The maximum absolute atomic E-state index is 12.1. The fourth-order valence-corrected chi connectivity index (χ4v) is 2.90. The quantitative estimate of drug-likeness (QED) is 0.679. The van der Waals surface area contributed by atoms with E-state index >= 15 is 0 Å². The number of hydrogen-bond acceptors (Lipinski definition) is 5. The molecule has 1 aliphatic rings. The predicted octanol–water partition coefficient (Wildman–Crippen LogP) is 2.63. The number of nitrogen functional groups attached to an aromatic ring is 1. The van der Waals surface area contributed by atoms with Crippen LogP contribution < -0.4 is 5.73 Å². The van der Waals surface area contributed by atoms with Crippen LogP contribution in [0, 0.1) is 0 Å². The standard InChI is InChI=1S/C19H29N3O2/c1-14-11-22(13-18(23)24-19(3,4)5)15(2)10-21(14)12-16-7-6-8-17(20)9-16/h6-9,14H,2,10-13,20H2,1,3-5H3. The van der Waals surface area contributed by atoms with Crippen LogP contribution in [0.15, 0.2) is 36.5 Å². The van der Waals surface area contributed by atoms with E-state index in [1.165, 1.54) is 5.56 Å². The summed E-state index contributed by atoms with van der Waals surface area (Å²) >= 11 is 0. The lowest BCUT2D eigenvalue weighted by molar-refractivity contribution is -0.156. The Balaban J connectivity index is 1.94. The van der Waals surface area contributed by atoms with E-state index < -0.39 is 5.60 Å². The summed E-state index contributed by atoms with van der Waals surface area (Å²) in [6, 6.07) is 8.27. The van der Waals surface area contributed by atoms with Gasteiger partial charge in [0.15, 0.2) is 0 Å². The van der Waals surface area contributed by atoms with E-state index in [1.807, 2.05) is 43.9 Å². The number of piperazine rings is 1. The molecule has 1 heterocycles. The molecule has 2 N–H and O–H groups in total. The number of carbonyl (C=O) groups is 1. The third kappa shape index (κ3) is 5.27. The van der Waals surface area contributed by atoms with Crippen molar-refractivity contribution in [3.05, 3.63) is 42.1 Å². The molecule has 132 valence electrons. The van der Waals surface area contributed by atoms with Crippen molar-refractivity contribution in [2.75, 3.05) is 25.4 Å². The van der Waals surface area contributed by atoms with Gasteiger partial charge in [-0.15, -0.1) is 0 Å². The number of nitrogens with two attached hydrogens (primary N) is 1. The highest BCUT2D eigenvalue weighted by Gasteiger charge is 2.28. The molecule has 2 rings (SSSR count). The third-order valence-electron chi connectivity index (χ3n) is 4.02. The minimum absolute atomic E-state index is 0.208. The molecule has 1 aromatic carbocycles. The van der Waals surface area contributed by atoms with Gasteiger partial charge in [-0.2, -0.15) is 0 Å². The summed E-state index contributed by atoms with van der Waals surface area (Å²) < 4.78 is 5.41. The highest BCUT2D eigenvalue weighted by atomic mass is 16.6. The average molecular weight is 331 g/mol. The summed E-state index contributed by atoms with van der Waals surface area (Å²) in [5.41, 5.74) is 8.32. The summed E-state index contributed by atoms with van der Waals surface area (Å²) in [7, 11) is 0. The number of ether oxygens (including phenoxy) is 1. The minimum atomic E-state index is -0.459. The molecule has 5 heteroatoms. The summed E-state index contributed by atoms with van der Waals surface area (Å²) in [4.78, 5) is 16.4. The van der Waals surface area contributed by atoms with Gasteiger partial charge >= 0.3 is 5.97 Å². The lowest BCUT2D eigenvalue weighted by Gasteiger charge is -2.42. The molecule has 1 saturated heterocycles. The molecule has 0 radical (unpaired) electrons. The van der Waals surface area contributed by atoms with Gasteiger partial charge in [0.05, 0.1) is 0 Å². The lowest BCUT2D eigenvalue weighted by Crippen LogP contribution is -2.51. The Morgan fingerprint density at radius 3 is 2.75 bits per heavy atom. The number of benzene rings is 1. The van der Waals surface area contributed by atoms with Crippen molar-refractivity contribution >= 4 is 11.7 Å². The van der Waals surface area contributed by atoms with Gasteiger partial charge in [-0.1, -0.05) is 18.7 Å². The number of hydrogen-bond donors (Lipinski definition) is 1. The molecule has 5 nitrogen and oxygen atoms in total. The Labute approximate surface area is 145 Å². The van der Waals surface area contributed by atoms with Crippen LogP contribution in [-0.2, 0) is 16.1 Å². The van der Waals surface area contributed by atoms with Crippen LogP contribution in [0.4, 0.5) is 5.69 Å². The van der Waals surface area contributed by atoms with E-state index in [0.717, 1.165) is 31.0 Å². The van der Waals surface area contributed by atoms with Gasteiger partial charge in [0.25, 0.3) is 0 Å². The molecule has 0 spiro atoms. The fraction of sp³-hybridized carbons (Fsp3) is 0.526. The highest BCUT2D eigenvalue weighted by Crippen LogP contribution is 2.20. The Hall–Kier alpha value is -2.01. The van der Waals surface area contributed by atoms with Gasteiger partial charge < -0.3 is 15.4 Å². The normalized spacial score (nSPS) is 19.4. The summed E-state index contributed by atoms with van der Waals surface area (Å²) in [6.45, 7) is 14.5. The van der Waals surface area contributed by atoms with E-state index in [9.17, 15) is 4.79 Å². The maximum Gasteiger partial charge on any atom is 0.326 e. The van der Waals surface area contributed by atoms with Crippen molar-refractivity contribution < 1.29 is 9.53 Å². The molecule has 1 aromatic rings. The molecule has 0 aliphatic carbocycles. The minimum Gasteiger partial charge on any atom is -0.459 e. The van der Waals surface area contributed by atoms with E-state index in [0.29, 0.717) is 6.04 Å². The smallest absolute Gasteiger partial charge is 0.326 e. The molecular formula is C19H29N3O2. The first-order valence-corrected chi connectivity index (χ1v) is 8.37. The van der Waals surface area contributed by atoms with Gasteiger partial charge in [-0.05, 0) is 45.4 Å². The topological polar surface area (TPSA) is 58.8 Å². The Kier molecular flexibility index (Phi) is 5.54. The van der Waals surface area contributed by atoms with Gasteiger partial charge in [0.1, 0.15) is 12.1 Å². The van der Waals surface area contributed by atoms with Gasteiger partial charge in [0.2, 0.25) is 0 Å². The predicted molar refractivity (Wildman–Crippen MR) is 97.3 cm³/mol. The molecule has 1 fully saturated rings. The van der Waals surface area contributed by atoms with Crippen molar-refractivity contribution in [2.24, 2.45) is 0 Å². The van der Waals surface area contributed by atoms with Crippen molar-refractivity contribution in [2.45, 2.75) is 45.9 Å². The number of esters is 1. The number of nitrogens with zero attached hydrogens (tertiary/aromatic N) is 2. The molecule has 1 unspecified atom stereocenters. The maximum atomic E-state index is 12.1. The Morgan fingerprint density at radius 1 is 1.42 bits per heavy atom. The summed E-state index contributed by atoms with van der Waals surface area (Å²) in [6.07, 6.45) is 0. The zero-order valence-corrected chi connectivity index (χ0v) is 15.2. The van der Waals surface area contributed by atoms with Gasteiger partial charge in [0, 0.05) is 37.1 Å². The molecule has 0 aromatic heterocycles. The van der Waals surface area contributed by atoms with Crippen LogP contribution in [0.25, 0.3) is 0 Å². The van der Waals surface area contributed by atoms with E-state index in [-0.39, 0.29) is 12.5 Å². The van der Waals surface area contributed by atoms with Crippen molar-refractivity contribution in [3.8, 4) is 0 Å². The van der Waals surface area contributed by atoms with Crippen LogP contribution in [0.5, 0.6) is 0 Å². The molecule has 24 heavy (non-hydrogen) atoms. The second-order valence-electron chi connectivity index (χ2n) is 7.53. The summed E-state index contributed by atoms with van der Waals surface area (Å²) in [5.74, 6) is -0.208. The fourth-order valence-electron chi connectivity index (χ4n) is 2.90. The zero-order chi connectivity index (χ0) is 17.9. The van der Waals surface area contributed by atoms with Gasteiger partial charge in [-0.25, -0.2) is 0 Å². The second-order valence-corrected chi connectivity index (χ2v) is 7.53. The van der Waals surface area contributed by atoms with E-state index in [4.69, 9.17) is 10.5 Å². The van der Waals surface area contributed by atoms with Crippen LogP contribution in [0.3, 0.4) is 0 Å². The first-order valence-electron chi connectivity index (χ1n) is 8.37. The zero-order valence-electron chi connectivity index (χ0n) is 15.2. The lowest BCUT2D eigenvalue weighted by atomic mass is 10.1. The van der Waals surface area contributed by atoms with Crippen LogP contribution in [0.1, 0.15) is 33.3 Å². The summed E-state index contributed by atoms with van der Waals surface area (Å²) in [5, 5.41) is 0. The third-order valence-corrected chi connectivity index (χ3v) is 4.02. The second kappa shape index (κ2) is 7.26. The molecule has 0 bridgehead atoms. The van der Waals surface area contributed by atoms with Crippen molar-refractivity contribution in [3.63, 3.8) is 0 Å². The molecular weight excluding hydrogens is 302 g/mol. The first kappa shape index (κ1) is 18.3. The molecule has 1 atom stereocenters. The van der Waals surface area contributed by atoms with E-state index in [1.54, 1.807) is 0 Å². The Morgan fingerprint density at radius 2 is 2.12 bits per heavy atom. The monoisotopic (exact) mass is 331 g/mol. The Bertz CT molecular complexity index is 607. The van der Waals surface area contributed by atoms with E-state index in [2.05, 4.69) is 24.5 Å². The molecule has 1 aliphatic heterocycles. The molecule has 0 amide bonds. The number of anilines is 1. The number of carbonyl (C=O) groups excluding carboxylic acids is 1. The molecule has 0 saturated carbocycles. The van der Waals surface area contributed by atoms with Crippen LogP contribution in [0.2, 0.25) is 0 Å². The van der Waals surface area contributed by atoms with Crippen LogP contribution >= 0.6 is 0 Å². The van der Waals surface area contributed by atoms with Crippen molar-refractivity contribution in [1.82, 2.24) is 9.80 Å². The SMILES string of the molecule is C=C1CN(Cc2cccc(N)c2)C(C)CN1CC(=O)OC(C)(C)C. The highest BCUT2D eigenvalue weighted by molar-refractivity contribution is 5.72. The van der Waals surface area contributed by atoms with Crippen molar-refractivity contribution in [1.29, 1.82) is 0 Å². The first-order chi connectivity index (χ1) is 11.1.